The van der Waals surface area contributed by atoms with E-state index in [2.05, 4.69) is 10.3 Å². The summed E-state index contributed by atoms with van der Waals surface area (Å²) >= 11 is 0.908. The Kier molecular flexibility index (Phi) is 4.72. The van der Waals surface area contributed by atoms with Crippen LogP contribution in [0.15, 0.2) is 9.59 Å². The van der Waals surface area contributed by atoms with Gasteiger partial charge in [0.2, 0.25) is 5.91 Å². The Morgan fingerprint density at radius 2 is 1.94 bits per heavy atom. The summed E-state index contributed by atoms with van der Waals surface area (Å²) in [4.78, 5) is 48.3. The van der Waals surface area contributed by atoms with Crippen LogP contribution >= 0.6 is 11.8 Å². The number of hydrogen-bond donors (Lipinski definition) is 4. The van der Waals surface area contributed by atoms with Gasteiger partial charge in [-0.3, -0.25) is 19.4 Å². The number of aromatic amines is 2. The van der Waals surface area contributed by atoms with Gasteiger partial charge >= 0.3 is 11.7 Å². The SMILES string of the molecule is Cc1[nH]c(=O)[nH]c(=O)c1NC(=O)CSCC(=O)O. The molecule has 0 spiro atoms. The van der Waals surface area contributed by atoms with Crippen LogP contribution in [-0.4, -0.2) is 38.5 Å². The van der Waals surface area contributed by atoms with E-state index in [0.717, 1.165) is 11.8 Å². The van der Waals surface area contributed by atoms with Crippen molar-refractivity contribution in [1.82, 2.24) is 9.97 Å². The molecule has 0 saturated carbocycles. The molecule has 18 heavy (non-hydrogen) atoms. The lowest BCUT2D eigenvalue weighted by atomic mass is 10.3. The number of carboxylic acid groups (broad SMARTS) is 1. The largest absolute Gasteiger partial charge is 0.481 e. The summed E-state index contributed by atoms with van der Waals surface area (Å²) in [6.45, 7) is 1.47. The van der Waals surface area contributed by atoms with Crippen LogP contribution in [-0.2, 0) is 9.59 Å². The molecule has 0 aromatic carbocycles. The van der Waals surface area contributed by atoms with Gasteiger partial charge in [-0.15, -0.1) is 11.8 Å². The minimum Gasteiger partial charge on any atom is -0.481 e. The van der Waals surface area contributed by atoms with Gasteiger partial charge < -0.3 is 15.4 Å². The second kappa shape index (κ2) is 6.05. The molecule has 1 heterocycles. The van der Waals surface area contributed by atoms with E-state index in [1.54, 1.807) is 0 Å². The van der Waals surface area contributed by atoms with Crippen molar-refractivity contribution < 1.29 is 14.7 Å². The molecule has 9 heteroatoms. The first-order chi connectivity index (χ1) is 8.40. The molecule has 4 N–H and O–H groups in total. The molecule has 0 aliphatic heterocycles. The Balaban J connectivity index is 2.68. The highest BCUT2D eigenvalue weighted by atomic mass is 32.2. The highest BCUT2D eigenvalue weighted by molar-refractivity contribution is 8.00. The molecule has 0 atom stereocenters. The lowest BCUT2D eigenvalue weighted by molar-refractivity contribution is -0.133. The topological polar surface area (TPSA) is 132 Å². The number of thioether (sulfide) groups is 1. The van der Waals surface area contributed by atoms with Gasteiger partial charge in [0.1, 0.15) is 5.69 Å². The number of amides is 1. The van der Waals surface area contributed by atoms with Crippen LogP contribution in [0, 0.1) is 6.92 Å². The van der Waals surface area contributed by atoms with E-state index in [9.17, 15) is 19.2 Å². The molecule has 1 aromatic heterocycles. The van der Waals surface area contributed by atoms with Gasteiger partial charge in [-0.1, -0.05) is 0 Å². The molecule has 0 saturated heterocycles. The maximum Gasteiger partial charge on any atom is 0.326 e. The predicted octanol–water partition coefficient (Wildman–Crippen LogP) is -0.872. The molecule has 8 nitrogen and oxygen atoms in total. The molecule has 0 aliphatic carbocycles. The second-order valence-corrected chi connectivity index (χ2v) is 4.33. The van der Waals surface area contributed by atoms with Crippen molar-refractivity contribution in [2.45, 2.75) is 6.92 Å². The molecule has 0 bridgehead atoms. The van der Waals surface area contributed by atoms with Crippen molar-refractivity contribution in [3.05, 3.63) is 26.5 Å². The van der Waals surface area contributed by atoms with E-state index < -0.39 is 23.1 Å². The number of aromatic nitrogens is 2. The number of H-pyrrole nitrogens is 2. The highest BCUT2D eigenvalue weighted by Gasteiger charge is 2.10. The number of carbonyl (C=O) groups excluding carboxylic acids is 1. The molecule has 1 aromatic rings. The van der Waals surface area contributed by atoms with Crippen LogP contribution in [0.3, 0.4) is 0 Å². The summed E-state index contributed by atoms with van der Waals surface area (Å²) in [6, 6.07) is 0. The summed E-state index contributed by atoms with van der Waals surface area (Å²) in [5, 5.41) is 10.7. The van der Waals surface area contributed by atoms with Gasteiger partial charge in [-0.25, -0.2) is 4.79 Å². The zero-order valence-corrected chi connectivity index (χ0v) is 10.2. The van der Waals surface area contributed by atoms with Crippen LogP contribution in [0.1, 0.15) is 5.69 Å². The number of rotatable bonds is 5. The van der Waals surface area contributed by atoms with E-state index in [1.807, 2.05) is 4.98 Å². The second-order valence-electron chi connectivity index (χ2n) is 3.34. The van der Waals surface area contributed by atoms with Crippen molar-refractivity contribution >= 4 is 29.3 Å². The lowest BCUT2D eigenvalue weighted by Crippen LogP contribution is -2.29. The Labute approximate surface area is 105 Å². The minimum atomic E-state index is -1.02. The number of anilines is 1. The highest BCUT2D eigenvalue weighted by Crippen LogP contribution is 2.04. The molecule has 98 valence electrons. The number of hydrogen-bond acceptors (Lipinski definition) is 5. The molecule has 0 radical (unpaired) electrons. The average molecular weight is 273 g/mol. The zero-order valence-electron chi connectivity index (χ0n) is 9.40. The lowest BCUT2D eigenvalue weighted by Gasteiger charge is -2.05. The quantitative estimate of drug-likeness (QED) is 0.551. The first kappa shape index (κ1) is 14.0. The first-order valence-electron chi connectivity index (χ1n) is 4.82. The molecule has 0 unspecified atom stereocenters. The average Bonchev–Trinajstić information content (AvgIpc) is 2.22. The summed E-state index contributed by atoms with van der Waals surface area (Å²) in [5.41, 5.74) is -1.17. The molecule has 0 fully saturated rings. The van der Waals surface area contributed by atoms with Crippen molar-refractivity contribution in [2.24, 2.45) is 0 Å². The van der Waals surface area contributed by atoms with Crippen molar-refractivity contribution in [2.75, 3.05) is 16.8 Å². The van der Waals surface area contributed by atoms with Crippen LogP contribution < -0.4 is 16.6 Å². The maximum atomic E-state index is 11.4. The molecule has 1 amide bonds. The standard InChI is InChI=1S/C9H11N3O5S/c1-4-7(8(16)12-9(17)10-4)11-5(13)2-18-3-6(14)15/h2-3H2,1H3,(H,11,13)(H,14,15)(H2,10,12,16,17). The Hall–Kier alpha value is -2.03. The third-order valence-corrected chi connectivity index (χ3v) is 2.77. The van der Waals surface area contributed by atoms with Crippen LogP contribution in [0.5, 0.6) is 0 Å². The number of aliphatic carboxylic acids is 1. The maximum absolute atomic E-state index is 11.4. The predicted molar refractivity (Wildman–Crippen MR) is 66.0 cm³/mol. The fourth-order valence-corrected chi connectivity index (χ4v) is 1.69. The molecular weight excluding hydrogens is 262 g/mol. The summed E-state index contributed by atoms with van der Waals surface area (Å²) < 4.78 is 0. The van der Waals surface area contributed by atoms with E-state index >= 15 is 0 Å². The van der Waals surface area contributed by atoms with Gasteiger partial charge in [0.25, 0.3) is 5.56 Å². The van der Waals surface area contributed by atoms with Gasteiger partial charge in [0.15, 0.2) is 0 Å². The van der Waals surface area contributed by atoms with Gasteiger partial charge in [-0.2, -0.15) is 0 Å². The zero-order chi connectivity index (χ0) is 13.7. The van der Waals surface area contributed by atoms with E-state index in [1.165, 1.54) is 6.92 Å². The van der Waals surface area contributed by atoms with Gasteiger partial charge in [-0.05, 0) is 6.92 Å². The first-order valence-corrected chi connectivity index (χ1v) is 5.98. The van der Waals surface area contributed by atoms with E-state index in [-0.39, 0.29) is 22.9 Å². The fraction of sp³-hybridized carbons (Fsp3) is 0.333. The monoisotopic (exact) mass is 273 g/mol. The molecule has 0 aliphatic rings. The number of carbonyl (C=O) groups is 2. The smallest absolute Gasteiger partial charge is 0.326 e. The third kappa shape index (κ3) is 4.09. The Morgan fingerprint density at radius 3 is 2.50 bits per heavy atom. The summed E-state index contributed by atoms with van der Waals surface area (Å²) in [6.07, 6.45) is 0. The minimum absolute atomic E-state index is 0.0458. The van der Waals surface area contributed by atoms with E-state index in [4.69, 9.17) is 5.11 Å². The van der Waals surface area contributed by atoms with Crippen LogP contribution in [0.25, 0.3) is 0 Å². The summed E-state index contributed by atoms with van der Waals surface area (Å²) in [7, 11) is 0. The normalized spacial score (nSPS) is 10.1. The summed E-state index contributed by atoms with van der Waals surface area (Å²) in [5.74, 6) is -1.83. The third-order valence-electron chi connectivity index (χ3n) is 1.85. The van der Waals surface area contributed by atoms with Crippen molar-refractivity contribution in [3.8, 4) is 0 Å². The van der Waals surface area contributed by atoms with Crippen molar-refractivity contribution in [3.63, 3.8) is 0 Å². The van der Waals surface area contributed by atoms with Crippen molar-refractivity contribution in [1.29, 1.82) is 0 Å². The Bertz CT molecular complexity index is 576. The fourth-order valence-electron chi connectivity index (χ4n) is 1.16. The van der Waals surface area contributed by atoms with Crippen LogP contribution in [0.4, 0.5) is 5.69 Å². The van der Waals surface area contributed by atoms with Crippen LogP contribution in [0.2, 0.25) is 0 Å². The Morgan fingerprint density at radius 1 is 1.28 bits per heavy atom. The number of carboxylic acids is 1. The van der Waals surface area contributed by atoms with Gasteiger partial charge in [0, 0.05) is 5.69 Å². The number of nitrogens with one attached hydrogen (secondary N) is 3. The van der Waals surface area contributed by atoms with Gasteiger partial charge in [0.05, 0.1) is 11.5 Å². The van der Waals surface area contributed by atoms with E-state index in [0.29, 0.717) is 0 Å². The number of aryl methyl sites for hydroxylation is 1. The molecular formula is C9H11N3O5S. The molecule has 1 rings (SSSR count).